The molecule has 1 rings (SSSR count). The van der Waals surface area contributed by atoms with Gasteiger partial charge in [-0.2, -0.15) is 0 Å². The third-order valence-electron chi connectivity index (χ3n) is 2.54. The average Bonchev–Trinajstić information content (AvgIpc) is 2.28. The number of benzene rings is 1. The molecule has 5 heteroatoms. The van der Waals surface area contributed by atoms with Crippen molar-refractivity contribution >= 4 is 23.4 Å². The molecule has 18 heavy (non-hydrogen) atoms. The Hall–Kier alpha value is -1.55. The van der Waals surface area contributed by atoms with Gasteiger partial charge in [-0.25, -0.2) is 0 Å². The molecule has 2 N–H and O–H groups in total. The van der Waals surface area contributed by atoms with Crippen LogP contribution >= 0.6 is 11.6 Å². The van der Waals surface area contributed by atoms with Crippen LogP contribution in [-0.2, 0) is 9.59 Å². The number of nitrogens with one attached hydrogen (secondary N) is 2. The van der Waals surface area contributed by atoms with E-state index in [1.807, 2.05) is 19.1 Å². The van der Waals surface area contributed by atoms with Crippen molar-refractivity contribution < 1.29 is 9.59 Å². The van der Waals surface area contributed by atoms with Gasteiger partial charge >= 0.3 is 0 Å². The first-order valence-corrected chi connectivity index (χ1v) is 6.11. The van der Waals surface area contributed by atoms with E-state index in [9.17, 15) is 9.59 Å². The molecule has 0 unspecified atom stereocenters. The normalized spacial score (nSPS) is 13.6. The molecule has 0 aliphatic heterocycles. The second-order valence-electron chi connectivity index (χ2n) is 4.20. The Bertz CT molecular complexity index is 431. The van der Waals surface area contributed by atoms with E-state index in [4.69, 9.17) is 11.6 Å². The number of hydrogen-bond donors (Lipinski definition) is 2. The van der Waals surface area contributed by atoms with Crippen LogP contribution in [0.4, 0.5) is 0 Å². The number of hydrogen-bond acceptors (Lipinski definition) is 2. The largest absolute Gasteiger partial charge is 0.348 e. The van der Waals surface area contributed by atoms with Gasteiger partial charge in [0, 0.05) is 11.9 Å². The number of amides is 2. The fourth-order valence-electron chi connectivity index (χ4n) is 1.54. The van der Waals surface area contributed by atoms with Crippen molar-refractivity contribution in [3.05, 3.63) is 34.9 Å². The van der Waals surface area contributed by atoms with Gasteiger partial charge in [0.25, 0.3) is 0 Å². The monoisotopic (exact) mass is 268 g/mol. The molecule has 0 spiro atoms. The highest BCUT2D eigenvalue weighted by Gasteiger charge is 2.16. The lowest BCUT2D eigenvalue weighted by Gasteiger charge is -2.18. The summed E-state index contributed by atoms with van der Waals surface area (Å²) >= 11 is 5.79. The van der Waals surface area contributed by atoms with Gasteiger partial charge in [0.05, 0.1) is 6.04 Å². The number of halogens is 1. The minimum Gasteiger partial charge on any atom is -0.348 e. The molecule has 1 aromatic rings. The summed E-state index contributed by atoms with van der Waals surface area (Å²) in [4.78, 5) is 22.6. The molecule has 1 aromatic carbocycles. The maximum atomic E-state index is 11.8. The van der Waals surface area contributed by atoms with Gasteiger partial charge in [0.15, 0.2) is 0 Å². The number of carbonyl (C=O) groups is 2. The van der Waals surface area contributed by atoms with Crippen LogP contribution in [0.15, 0.2) is 24.3 Å². The lowest BCUT2D eigenvalue weighted by atomic mass is 10.1. The second-order valence-corrected chi connectivity index (χ2v) is 4.64. The SMILES string of the molecule is CC(=O)N[C@H](C)C(=O)N[C@H](C)c1ccc(Cl)cc1. The summed E-state index contributed by atoms with van der Waals surface area (Å²) in [6.45, 7) is 4.90. The van der Waals surface area contributed by atoms with Gasteiger partial charge < -0.3 is 10.6 Å². The van der Waals surface area contributed by atoms with Gasteiger partial charge in [0.1, 0.15) is 6.04 Å². The van der Waals surface area contributed by atoms with Gasteiger partial charge in [0.2, 0.25) is 11.8 Å². The minimum absolute atomic E-state index is 0.133. The van der Waals surface area contributed by atoms with Crippen molar-refractivity contribution in [1.82, 2.24) is 10.6 Å². The molecule has 0 fully saturated rings. The van der Waals surface area contributed by atoms with E-state index >= 15 is 0 Å². The van der Waals surface area contributed by atoms with Crippen LogP contribution in [0.1, 0.15) is 32.4 Å². The zero-order valence-electron chi connectivity index (χ0n) is 10.7. The van der Waals surface area contributed by atoms with E-state index in [2.05, 4.69) is 10.6 Å². The first-order chi connectivity index (χ1) is 8.40. The van der Waals surface area contributed by atoms with Gasteiger partial charge in [-0.15, -0.1) is 0 Å². The molecule has 4 nitrogen and oxygen atoms in total. The predicted octanol–water partition coefficient (Wildman–Crippen LogP) is 2.04. The fourth-order valence-corrected chi connectivity index (χ4v) is 1.67. The van der Waals surface area contributed by atoms with Crippen LogP contribution in [0.3, 0.4) is 0 Å². The van der Waals surface area contributed by atoms with Crippen LogP contribution in [0.2, 0.25) is 5.02 Å². The molecule has 0 aliphatic carbocycles. The highest BCUT2D eigenvalue weighted by Crippen LogP contribution is 2.15. The molecule has 98 valence electrons. The van der Waals surface area contributed by atoms with E-state index < -0.39 is 6.04 Å². The molecule has 0 heterocycles. The van der Waals surface area contributed by atoms with Gasteiger partial charge in [-0.1, -0.05) is 23.7 Å². The molecule has 0 saturated carbocycles. The molecule has 2 atom stereocenters. The maximum Gasteiger partial charge on any atom is 0.242 e. The van der Waals surface area contributed by atoms with Crippen LogP contribution in [0.25, 0.3) is 0 Å². The molecule has 0 aromatic heterocycles. The highest BCUT2D eigenvalue weighted by atomic mass is 35.5. The Morgan fingerprint density at radius 3 is 2.17 bits per heavy atom. The highest BCUT2D eigenvalue weighted by molar-refractivity contribution is 6.30. The first-order valence-electron chi connectivity index (χ1n) is 5.73. The van der Waals surface area contributed by atoms with Crippen LogP contribution in [-0.4, -0.2) is 17.9 Å². The molecule has 2 amide bonds. The Morgan fingerprint density at radius 1 is 1.11 bits per heavy atom. The number of rotatable bonds is 4. The Kier molecular flexibility index (Phi) is 5.16. The topological polar surface area (TPSA) is 58.2 Å². The lowest BCUT2D eigenvalue weighted by Crippen LogP contribution is -2.44. The first kappa shape index (κ1) is 14.5. The number of carbonyl (C=O) groups excluding carboxylic acids is 2. The summed E-state index contributed by atoms with van der Waals surface area (Å²) in [6, 6.07) is 6.59. The average molecular weight is 269 g/mol. The predicted molar refractivity (Wildman–Crippen MR) is 71.3 cm³/mol. The summed E-state index contributed by atoms with van der Waals surface area (Å²) in [5, 5.41) is 6.02. The Morgan fingerprint density at radius 2 is 1.67 bits per heavy atom. The van der Waals surface area contributed by atoms with Crippen molar-refractivity contribution in [1.29, 1.82) is 0 Å². The van der Waals surface area contributed by atoms with Crippen molar-refractivity contribution in [3.8, 4) is 0 Å². The van der Waals surface area contributed by atoms with Gasteiger partial charge in [-0.05, 0) is 31.5 Å². The zero-order valence-corrected chi connectivity index (χ0v) is 11.4. The maximum absolute atomic E-state index is 11.8. The summed E-state index contributed by atoms with van der Waals surface area (Å²) in [6.07, 6.45) is 0. The van der Waals surface area contributed by atoms with Crippen molar-refractivity contribution in [2.75, 3.05) is 0 Å². The summed E-state index contributed by atoms with van der Waals surface area (Å²) in [5.41, 5.74) is 0.961. The Labute approximate surface area is 112 Å². The molecular weight excluding hydrogens is 252 g/mol. The zero-order chi connectivity index (χ0) is 13.7. The van der Waals surface area contributed by atoms with E-state index in [1.165, 1.54) is 6.92 Å². The Balaban J connectivity index is 2.59. The van der Waals surface area contributed by atoms with Crippen LogP contribution in [0, 0.1) is 0 Å². The summed E-state index contributed by atoms with van der Waals surface area (Å²) < 4.78 is 0. The van der Waals surface area contributed by atoms with E-state index in [-0.39, 0.29) is 17.9 Å². The third-order valence-corrected chi connectivity index (χ3v) is 2.79. The van der Waals surface area contributed by atoms with Crippen molar-refractivity contribution in [2.45, 2.75) is 32.9 Å². The third kappa shape index (κ3) is 4.37. The van der Waals surface area contributed by atoms with Gasteiger partial charge in [-0.3, -0.25) is 9.59 Å². The van der Waals surface area contributed by atoms with Crippen molar-refractivity contribution in [3.63, 3.8) is 0 Å². The van der Waals surface area contributed by atoms with Crippen LogP contribution in [0.5, 0.6) is 0 Å². The molecule has 0 bridgehead atoms. The van der Waals surface area contributed by atoms with Crippen molar-refractivity contribution in [2.24, 2.45) is 0 Å². The minimum atomic E-state index is -0.544. The smallest absolute Gasteiger partial charge is 0.242 e. The van der Waals surface area contributed by atoms with Crippen LogP contribution < -0.4 is 10.6 Å². The van der Waals surface area contributed by atoms with E-state index in [0.717, 1.165) is 5.56 Å². The second kappa shape index (κ2) is 6.40. The molecule has 0 aliphatic rings. The van der Waals surface area contributed by atoms with E-state index in [1.54, 1.807) is 19.1 Å². The van der Waals surface area contributed by atoms with E-state index in [0.29, 0.717) is 5.02 Å². The molecular formula is C13H17ClN2O2. The molecule has 0 radical (unpaired) electrons. The summed E-state index contributed by atoms with van der Waals surface area (Å²) in [5.74, 6) is -0.440. The molecule has 0 saturated heterocycles. The standard InChI is InChI=1S/C13H17ClN2O2/c1-8(11-4-6-12(14)7-5-11)16-13(18)9(2)15-10(3)17/h4-9H,1-3H3,(H,15,17)(H,16,18)/t8-,9-/m1/s1. The summed E-state index contributed by atoms with van der Waals surface area (Å²) in [7, 11) is 0. The quantitative estimate of drug-likeness (QED) is 0.878. The lowest BCUT2D eigenvalue weighted by molar-refractivity contribution is -0.128. The fraction of sp³-hybridized carbons (Fsp3) is 0.385.